The highest BCUT2D eigenvalue weighted by Gasteiger charge is 2.18. The van der Waals surface area contributed by atoms with E-state index < -0.39 is 6.04 Å². The molecular weight excluding hydrogens is 346 g/mol. The number of carbonyl (C=O) groups excluding carboxylic acids is 1. The van der Waals surface area contributed by atoms with E-state index in [0.29, 0.717) is 16.7 Å². The van der Waals surface area contributed by atoms with Crippen molar-refractivity contribution in [2.45, 2.75) is 13.0 Å². The first-order chi connectivity index (χ1) is 13.1. The lowest BCUT2D eigenvalue weighted by Crippen LogP contribution is -2.33. The van der Waals surface area contributed by atoms with Crippen LogP contribution >= 0.6 is 0 Å². The number of rotatable bonds is 5. The Bertz CT molecular complexity index is 1120. The van der Waals surface area contributed by atoms with Gasteiger partial charge in [-0.05, 0) is 25.1 Å². The Morgan fingerprint density at radius 1 is 1.37 bits per heavy atom. The van der Waals surface area contributed by atoms with Crippen LogP contribution < -0.4 is 11.1 Å². The number of carbonyl (C=O) groups is 1. The van der Waals surface area contributed by atoms with Gasteiger partial charge >= 0.3 is 0 Å². The summed E-state index contributed by atoms with van der Waals surface area (Å²) in [5.74, 6) is 0.128. The van der Waals surface area contributed by atoms with Crippen molar-refractivity contribution in [2.24, 2.45) is 0 Å². The number of aliphatic hydroxyl groups is 1. The van der Waals surface area contributed by atoms with Gasteiger partial charge in [0, 0.05) is 29.9 Å². The van der Waals surface area contributed by atoms with E-state index in [1.54, 1.807) is 24.0 Å². The van der Waals surface area contributed by atoms with Gasteiger partial charge in [0.25, 0.3) is 0 Å². The molecule has 0 spiro atoms. The molecule has 4 rings (SSSR count). The quantitative estimate of drug-likeness (QED) is 0.420. The zero-order valence-corrected chi connectivity index (χ0v) is 14.7. The average Bonchev–Trinajstić information content (AvgIpc) is 3.35. The molecule has 1 aromatic carbocycles. The first-order valence-corrected chi connectivity index (χ1v) is 8.55. The topological polar surface area (TPSA) is 135 Å². The molecule has 0 aliphatic rings. The third kappa shape index (κ3) is 2.97. The van der Waals surface area contributed by atoms with E-state index in [1.807, 2.05) is 24.3 Å². The number of nitrogens with one attached hydrogen (secondary N) is 2. The first kappa shape index (κ1) is 17.0. The number of anilines is 1. The van der Waals surface area contributed by atoms with Gasteiger partial charge in [0.1, 0.15) is 17.4 Å². The highest BCUT2D eigenvalue weighted by molar-refractivity contribution is 6.08. The van der Waals surface area contributed by atoms with Crippen molar-refractivity contribution < 1.29 is 9.90 Å². The summed E-state index contributed by atoms with van der Waals surface area (Å²) in [7, 11) is 0. The number of nitrogens with zero attached hydrogens (tertiary/aromatic N) is 4. The van der Waals surface area contributed by atoms with Crippen LogP contribution in [0.2, 0.25) is 0 Å². The van der Waals surface area contributed by atoms with E-state index in [1.165, 1.54) is 0 Å². The van der Waals surface area contributed by atoms with Crippen molar-refractivity contribution in [1.29, 1.82) is 0 Å². The number of H-pyrrole nitrogens is 1. The fourth-order valence-corrected chi connectivity index (χ4v) is 3.02. The van der Waals surface area contributed by atoms with Crippen LogP contribution in [0.3, 0.4) is 0 Å². The molecule has 27 heavy (non-hydrogen) atoms. The lowest BCUT2D eigenvalue weighted by molar-refractivity contribution is -0.124. The number of fused-ring (bicyclic) bond motifs is 3. The molecule has 1 unspecified atom stereocenters. The Morgan fingerprint density at radius 3 is 2.96 bits per heavy atom. The summed E-state index contributed by atoms with van der Waals surface area (Å²) in [5, 5.41) is 24.5. The molecule has 0 saturated heterocycles. The number of pyridine rings is 1. The van der Waals surface area contributed by atoms with Crippen LogP contribution in [0.15, 0.2) is 36.7 Å². The van der Waals surface area contributed by atoms with E-state index >= 15 is 0 Å². The maximum absolute atomic E-state index is 12.2. The molecule has 0 radical (unpaired) electrons. The largest absolute Gasteiger partial charge is 0.395 e. The SMILES string of the molecule is CC(C(=O)NCCO)n1cc2c(N)nc3cc(-c4ccn[nH]4)ccc3c2n1. The summed E-state index contributed by atoms with van der Waals surface area (Å²) in [4.78, 5) is 16.7. The van der Waals surface area contributed by atoms with E-state index in [2.05, 4.69) is 25.6 Å². The lowest BCUT2D eigenvalue weighted by Gasteiger charge is -2.11. The second-order valence-electron chi connectivity index (χ2n) is 6.26. The number of hydrogen-bond acceptors (Lipinski definition) is 6. The van der Waals surface area contributed by atoms with Crippen LogP contribution in [0.5, 0.6) is 0 Å². The summed E-state index contributed by atoms with van der Waals surface area (Å²) < 4.78 is 1.57. The average molecular weight is 365 g/mol. The van der Waals surface area contributed by atoms with E-state index in [4.69, 9.17) is 10.8 Å². The van der Waals surface area contributed by atoms with Gasteiger partial charge in [-0.2, -0.15) is 10.2 Å². The van der Waals surface area contributed by atoms with Crippen LogP contribution in [0.25, 0.3) is 33.1 Å². The highest BCUT2D eigenvalue weighted by atomic mass is 16.3. The molecule has 138 valence electrons. The zero-order valence-electron chi connectivity index (χ0n) is 14.7. The third-order valence-corrected chi connectivity index (χ3v) is 4.50. The standard InChI is InChI=1S/C18H19N7O2/c1-10(18(27)20-6-7-26)25-9-13-16(24-25)12-3-2-11(14-4-5-21-23-14)8-15(12)22-17(13)19/h2-5,8-10,26H,6-7H2,1H3,(H2,19,22)(H,20,27)(H,21,23). The number of nitrogen functional groups attached to an aromatic ring is 1. The van der Waals surface area contributed by atoms with Gasteiger partial charge in [0.2, 0.25) is 5.91 Å². The van der Waals surface area contributed by atoms with Gasteiger partial charge in [0.15, 0.2) is 0 Å². The molecule has 5 N–H and O–H groups in total. The lowest BCUT2D eigenvalue weighted by atomic mass is 10.1. The van der Waals surface area contributed by atoms with Gasteiger partial charge in [-0.15, -0.1) is 0 Å². The van der Waals surface area contributed by atoms with Crippen molar-refractivity contribution in [2.75, 3.05) is 18.9 Å². The van der Waals surface area contributed by atoms with Crippen molar-refractivity contribution in [3.05, 3.63) is 36.7 Å². The zero-order chi connectivity index (χ0) is 19.0. The van der Waals surface area contributed by atoms with E-state index in [0.717, 1.165) is 22.2 Å². The minimum absolute atomic E-state index is 0.111. The summed E-state index contributed by atoms with van der Waals surface area (Å²) in [6.45, 7) is 1.83. The predicted molar refractivity (Wildman–Crippen MR) is 102 cm³/mol. The van der Waals surface area contributed by atoms with Crippen LogP contribution in [-0.2, 0) is 4.79 Å². The molecule has 9 nitrogen and oxygen atoms in total. The number of amides is 1. The van der Waals surface area contributed by atoms with Crippen molar-refractivity contribution in [1.82, 2.24) is 30.3 Å². The Hall–Kier alpha value is -3.46. The number of aliphatic hydroxyl groups excluding tert-OH is 1. The highest BCUT2D eigenvalue weighted by Crippen LogP contribution is 2.30. The van der Waals surface area contributed by atoms with Gasteiger partial charge in [-0.3, -0.25) is 14.6 Å². The normalized spacial score (nSPS) is 12.5. The number of aromatic nitrogens is 5. The van der Waals surface area contributed by atoms with Gasteiger partial charge in [0.05, 0.1) is 23.2 Å². The molecule has 4 aromatic rings. The molecule has 0 bridgehead atoms. The number of hydrogen-bond donors (Lipinski definition) is 4. The molecule has 0 saturated carbocycles. The molecular formula is C18H19N7O2. The summed E-state index contributed by atoms with van der Waals surface area (Å²) >= 11 is 0. The van der Waals surface area contributed by atoms with Crippen LogP contribution in [-0.4, -0.2) is 49.1 Å². The Balaban J connectivity index is 1.79. The van der Waals surface area contributed by atoms with Crippen LogP contribution in [0.1, 0.15) is 13.0 Å². The van der Waals surface area contributed by atoms with Crippen LogP contribution in [0, 0.1) is 0 Å². The summed E-state index contributed by atoms with van der Waals surface area (Å²) in [6.07, 6.45) is 3.42. The fourth-order valence-electron chi connectivity index (χ4n) is 3.02. The van der Waals surface area contributed by atoms with Gasteiger partial charge < -0.3 is 16.2 Å². The summed E-state index contributed by atoms with van der Waals surface area (Å²) in [5.41, 5.74) is 9.38. The molecule has 3 aromatic heterocycles. The molecule has 1 amide bonds. The molecule has 3 heterocycles. The minimum atomic E-state index is -0.539. The van der Waals surface area contributed by atoms with Gasteiger partial charge in [-0.25, -0.2) is 4.98 Å². The van der Waals surface area contributed by atoms with Crippen molar-refractivity contribution in [3.8, 4) is 11.3 Å². The Morgan fingerprint density at radius 2 is 2.22 bits per heavy atom. The molecule has 0 fully saturated rings. The van der Waals surface area contributed by atoms with E-state index in [9.17, 15) is 4.79 Å². The number of benzene rings is 1. The molecule has 1 atom stereocenters. The monoisotopic (exact) mass is 365 g/mol. The maximum atomic E-state index is 12.2. The Kier molecular flexibility index (Phi) is 4.21. The number of aromatic amines is 1. The second kappa shape index (κ2) is 6.69. The maximum Gasteiger partial charge on any atom is 0.244 e. The molecule has 0 aliphatic heterocycles. The fraction of sp³-hybridized carbons (Fsp3) is 0.222. The van der Waals surface area contributed by atoms with Crippen LogP contribution in [0.4, 0.5) is 5.82 Å². The minimum Gasteiger partial charge on any atom is -0.395 e. The number of nitrogens with two attached hydrogens (primary N) is 1. The van der Waals surface area contributed by atoms with Crippen molar-refractivity contribution in [3.63, 3.8) is 0 Å². The predicted octanol–water partition coefficient (Wildman–Crippen LogP) is 1.23. The summed E-state index contributed by atoms with van der Waals surface area (Å²) in [6, 6.07) is 7.17. The molecule has 9 heteroatoms. The van der Waals surface area contributed by atoms with Gasteiger partial charge in [-0.1, -0.05) is 6.07 Å². The molecule has 0 aliphatic carbocycles. The third-order valence-electron chi connectivity index (χ3n) is 4.50. The first-order valence-electron chi connectivity index (χ1n) is 8.55. The second-order valence-corrected chi connectivity index (χ2v) is 6.26. The van der Waals surface area contributed by atoms with E-state index in [-0.39, 0.29) is 19.1 Å². The smallest absolute Gasteiger partial charge is 0.244 e. The Labute approximate surface area is 154 Å². The van der Waals surface area contributed by atoms with Crippen molar-refractivity contribution >= 4 is 33.5 Å².